The first-order valence-electron chi connectivity index (χ1n) is 5.97. The van der Waals surface area contributed by atoms with Crippen molar-refractivity contribution in [1.82, 2.24) is 15.1 Å². The lowest BCUT2D eigenvalue weighted by Crippen LogP contribution is -2.18. The Morgan fingerprint density at radius 2 is 1.94 bits per heavy atom. The van der Waals surface area contributed by atoms with Crippen LogP contribution >= 0.6 is 0 Å². The molecule has 1 atom stereocenters. The fourth-order valence-electron chi connectivity index (χ4n) is 2.20. The first kappa shape index (κ1) is 12.6. The Hall–Kier alpha value is -1.81. The van der Waals surface area contributed by atoms with Gasteiger partial charge in [-0.25, -0.2) is 0 Å². The van der Waals surface area contributed by atoms with Crippen molar-refractivity contribution >= 4 is 0 Å². The predicted octanol–water partition coefficient (Wildman–Crippen LogP) is 2.05. The van der Waals surface area contributed by atoms with Crippen molar-refractivity contribution in [3.63, 3.8) is 0 Å². The van der Waals surface area contributed by atoms with Gasteiger partial charge < -0.3 is 10.1 Å². The molecule has 0 amide bonds. The molecule has 96 valence electrons. The van der Waals surface area contributed by atoms with Crippen LogP contribution in [0.2, 0.25) is 0 Å². The molecular weight excluding hydrogens is 226 g/mol. The van der Waals surface area contributed by atoms with E-state index in [0.29, 0.717) is 0 Å². The molecule has 2 aromatic rings. The largest absolute Gasteiger partial charge is 0.497 e. The first-order chi connectivity index (χ1) is 8.65. The zero-order valence-corrected chi connectivity index (χ0v) is 11.3. The molecule has 1 N–H and O–H groups in total. The van der Waals surface area contributed by atoms with Gasteiger partial charge in [-0.3, -0.25) is 4.68 Å². The number of methoxy groups -OCH3 is 1. The number of hydrogen-bond acceptors (Lipinski definition) is 3. The molecule has 1 aromatic heterocycles. The predicted molar refractivity (Wildman–Crippen MR) is 71.8 cm³/mol. The number of hydrogen-bond donors (Lipinski definition) is 1. The number of nitrogens with zero attached hydrogens (tertiary/aromatic N) is 2. The molecule has 4 heteroatoms. The maximum absolute atomic E-state index is 5.18. The standard InChI is InChI=1S/C14H19N3O/c1-10-13(9-17(3)16-10)14(15-2)11-5-7-12(18-4)8-6-11/h5-9,14-15H,1-4H3. The highest BCUT2D eigenvalue weighted by Crippen LogP contribution is 2.25. The van der Waals surface area contributed by atoms with Crippen LogP contribution in [0.5, 0.6) is 5.75 Å². The van der Waals surface area contributed by atoms with Gasteiger partial charge in [-0.15, -0.1) is 0 Å². The number of aromatic nitrogens is 2. The minimum Gasteiger partial charge on any atom is -0.497 e. The van der Waals surface area contributed by atoms with E-state index < -0.39 is 0 Å². The molecule has 0 aliphatic carbocycles. The van der Waals surface area contributed by atoms with Crippen molar-refractivity contribution in [3.8, 4) is 5.75 Å². The smallest absolute Gasteiger partial charge is 0.118 e. The second-order valence-electron chi connectivity index (χ2n) is 4.34. The van der Waals surface area contributed by atoms with Crippen molar-refractivity contribution in [2.24, 2.45) is 7.05 Å². The number of aryl methyl sites for hydroxylation is 2. The molecule has 0 radical (unpaired) electrons. The lowest BCUT2D eigenvalue weighted by Gasteiger charge is -2.16. The average molecular weight is 245 g/mol. The lowest BCUT2D eigenvalue weighted by atomic mass is 9.99. The zero-order chi connectivity index (χ0) is 13.1. The van der Waals surface area contributed by atoms with Crippen molar-refractivity contribution in [3.05, 3.63) is 47.3 Å². The maximum atomic E-state index is 5.18. The minimum atomic E-state index is 0.157. The van der Waals surface area contributed by atoms with Crippen LogP contribution in [0.3, 0.4) is 0 Å². The van der Waals surface area contributed by atoms with E-state index in [2.05, 4.69) is 28.7 Å². The number of rotatable bonds is 4. The lowest BCUT2D eigenvalue weighted by molar-refractivity contribution is 0.414. The minimum absolute atomic E-state index is 0.157. The number of ether oxygens (including phenoxy) is 1. The monoisotopic (exact) mass is 245 g/mol. The van der Waals surface area contributed by atoms with Gasteiger partial charge >= 0.3 is 0 Å². The summed E-state index contributed by atoms with van der Waals surface area (Å²) < 4.78 is 7.03. The van der Waals surface area contributed by atoms with Gasteiger partial charge in [0, 0.05) is 18.8 Å². The molecule has 0 saturated heterocycles. The fourth-order valence-corrected chi connectivity index (χ4v) is 2.20. The Labute approximate surface area is 108 Å². The van der Waals surface area contributed by atoms with Crippen LogP contribution in [0.15, 0.2) is 30.5 Å². The molecule has 0 spiro atoms. The van der Waals surface area contributed by atoms with E-state index in [9.17, 15) is 0 Å². The Morgan fingerprint density at radius 3 is 2.39 bits per heavy atom. The molecule has 18 heavy (non-hydrogen) atoms. The van der Waals surface area contributed by atoms with E-state index in [1.807, 2.05) is 37.8 Å². The summed E-state index contributed by atoms with van der Waals surface area (Å²) in [6.45, 7) is 2.03. The first-order valence-corrected chi connectivity index (χ1v) is 5.97. The van der Waals surface area contributed by atoms with E-state index >= 15 is 0 Å². The van der Waals surface area contributed by atoms with Gasteiger partial charge in [0.2, 0.25) is 0 Å². The quantitative estimate of drug-likeness (QED) is 0.896. The summed E-state index contributed by atoms with van der Waals surface area (Å²) in [6, 6.07) is 8.26. The van der Waals surface area contributed by atoms with Gasteiger partial charge in [0.25, 0.3) is 0 Å². The second kappa shape index (κ2) is 5.23. The Balaban J connectivity index is 2.35. The number of nitrogens with one attached hydrogen (secondary N) is 1. The van der Waals surface area contributed by atoms with Crippen LogP contribution < -0.4 is 10.1 Å². The maximum Gasteiger partial charge on any atom is 0.118 e. The Morgan fingerprint density at radius 1 is 1.28 bits per heavy atom. The summed E-state index contributed by atoms with van der Waals surface area (Å²) in [7, 11) is 5.58. The van der Waals surface area contributed by atoms with E-state index in [0.717, 1.165) is 11.4 Å². The summed E-state index contributed by atoms with van der Waals surface area (Å²) >= 11 is 0. The molecule has 1 aromatic carbocycles. The molecule has 2 rings (SSSR count). The molecule has 0 aliphatic rings. The van der Waals surface area contributed by atoms with Crippen molar-refractivity contribution in [2.75, 3.05) is 14.2 Å². The Kier molecular flexibility index (Phi) is 3.67. The van der Waals surface area contributed by atoms with Crippen molar-refractivity contribution < 1.29 is 4.74 Å². The second-order valence-corrected chi connectivity index (χ2v) is 4.34. The van der Waals surface area contributed by atoms with Crippen LogP contribution in [0, 0.1) is 6.92 Å². The van der Waals surface area contributed by atoms with Gasteiger partial charge in [-0.2, -0.15) is 5.10 Å². The van der Waals surface area contributed by atoms with Crippen LogP contribution in [0.1, 0.15) is 22.9 Å². The van der Waals surface area contributed by atoms with E-state index in [-0.39, 0.29) is 6.04 Å². The molecule has 1 heterocycles. The van der Waals surface area contributed by atoms with E-state index in [1.165, 1.54) is 11.1 Å². The summed E-state index contributed by atoms with van der Waals surface area (Å²) in [6.07, 6.45) is 2.06. The summed E-state index contributed by atoms with van der Waals surface area (Å²) in [4.78, 5) is 0. The average Bonchev–Trinajstić information content (AvgIpc) is 2.70. The van der Waals surface area contributed by atoms with Gasteiger partial charge in [0.1, 0.15) is 5.75 Å². The van der Waals surface area contributed by atoms with Crippen molar-refractivity contribution in [1.29, 1.82) is 0 Å². The van der Waals surface area contributed by atoms with E-state index in [4.69, 9.17) is 4.74 Å². The van der Waals surface area contributed by atoms with Gasteiger partial charge in [0.05, 0.1) is 18.8 Å². The SMILES string of the molecule is CNC(c1ccc(OC)cc1)c1cn(C)nc1C. The molecule has 0 saturated carbocycles. The normalized spacial score (nSPS) is 12.4. The van der Waals surface area contributed by atoms with Crippen LogP contribution in [0.25, 0.3) is 0 Å². The van der Waals surface area contributed by atoms with Crippen LogP contribution in [0.4, 0.5) is 0 Å². The number of benzene rings is 1. The topological polar surface area (TPSA) is 39.1 Å². The van der Waals surface area contributed by atoms with Crippen LogP contribution in [-0.2, 0) is 7.05 Å². The third kappa shape index (κ3) is 2.38. The van der Waals surface area contributed by atoms with Crippen LogP contribution in [-0.4, -0.2) is 23.9 Å². The summed E-state index contributed by atoms with van der Waals surface area (Å²) in [5.74, 6) is 0.872. The molecule has 4 nitrogen and oxygen atoms in total. The highest BCUT2D eigenvalue weighted by molar-refractivity contribution is 5.36. The Bertz CT molecular complexity index is 516. The molecule has 0 aliphatic heterocycles. The van der Waals surface area contributed by atoms with Crippen molar-refractivity contribution in [2.45, 2.75) is 13.0 Å². The molecular formula is C14H19N3O. The third-order valence-electron chi connectivity index (χ3n) is 3.10. The van der Waals surface area contributed by atoms with Gasteiger partial charge in [-0.1, -0.05) is 12.1 Å². The molecule has 0 bridgehead atoms. The van der Waals surface area contributed by atoms with E-state index in [1.54, 1.807) is 7.11 Å². The molecule has 1 unspecified atom stereocenters. The third-order valence-corrected chi connectivity index (χ3v) is 3.10. The summed E-state index contributed by atoms with van der Waals surface area (Å²) in [5, 5.41) is 7.72. The zero-order valence-electron chi connectivity index (χ0n) is 11.3. The molecule has 0 fully saturated rings. The van der Waals surface area contributed by atoms with Gasteiger partial charge in [-0.05, 0) is 31.7 Å². The highest BCUT2D eigenvalue weighted by Gasteiger charge is 2.16. The van der Waals surface area contributed by atoms with Gasteiger partial charge in [0.15, 0.2) is 0 Å². The summed E-state index contributed by atoms with van der Waals surface area (Å²) in [5.41, 5.74) is 3.45. The fraction of sp³-hybridized carbons (Fsp3) is 0.357. The highest BCUT2D eigenvalue weighted by atomic mass is 16.5.